The third-order valence-corrected chi connectivity index (χ3v) is 7.55. The van der Waals surface area contributed by atoms with E-state index in [0.29, 0.717) is 44.4 Å². The van der Waals surface area contributed by atoms with Gasteiger partial charge in [-0.15, -0.1) is 0 Å². The van der Waals surface area contributed by atoms with Crippen molar-refractivity contribution in [2.75, 3.05) is 39.3 Å². The Hall–Kier alpha value is -2.68. The van der Waals surface area contributed by atoms with Crippen LogP contribution in [0.1, 0.15) is 26.3 Å². The molecule has 1 amide bonds. The van der Waals surface area contributed by atoms with Gasteiger partial charge in [-0.05, 0) is 42.7 Å². The number of nitrogens with zero attached hydrogens (tertiary/aromatic N) is 2. The number of rotatable bonds is 10. The van der Waals surface area contributed by atoms with E-state index in [2.05, 4.69) is 34.5 Å². The van der Waals surface area contributed by atoms with Crippen LogP contribution in [0.15, 0.2) is 65.6 Å². The molecule has 0 radical (unpaired) electrons. The summed E-state index contributed by atoms with van der Waals surface area (Å²) in [5.41, 5.74) is 1.15. The van der Waals surface area contributed by atoms with Crippen LogP contribution in [-0.2, 0) is 14.8 Å². The van der Waals surface area contributed by atoms with Crippen molar-refractivity contribution in [2.45, 2.75) is 31.8 Å². The van der Waals surface area contributed by atoms with Crippen LogP contribution in [0.4, 0.5) is 0 Å². The Morgan fingerprint density at radius 3 is 2.26 bits per heavy atom. The molecule has 0 saturated carbocycles. The molecule has 7 nitrogen and oxygen atoms in total. The Morgan fingerprint density at radius 2 is 1.65 bits per heavy atom. The van der Waals surface area contributed by atoms with Gasteiger partial charge in [-0.25, -0.2) is 8.42 Å². The van der Waals surface area contributed by atoms with E-state index >= 15 is 0 Å². The lowest BCUT2D eigenvalue weighted by molar-refractivity contribution is -0.127. The zero-order valence-electron chi connectivity index (χ0n) is 20.2. The van der Waals surface area contributed by atoms with Crippen LogP contribution < -0.4 is 10.1 Å². The molecule has 1 heterocycles. The van der Waals surface area contributed by atoms with Gasteiger partial charge in [-0.1, -0.05) is 56.3 Å². The second kappa shape index (κ2) is 12.1. The molecule has 0 unspecified atom stereocenters. The van der Waals surface area contributed by atoms with E-state index in [0.717, 1.165) is 12.1 Å². The van der Waals surface area contributed by atoms with Gasteiger partial charge in [0, 0.05) is 39.3 Å². The molecule has 3 rings (SSSR count). The van der Waals surface area contributed by atoms with Gasteiger partial charge in [0.15, 0.2) is 6.10 Å². The zero-order valence-corrected chi connectivity index (χ0v) is 21.0. The van der Waals surface area contributed by atoms with Crippen molar-refractivity contribution >= 4 is 22.0 Å². The highest BCUT2D eigenvalue weighted by molar-refractivity contribution is 7.89. The highest BCUT2D eigenvalue weighted by atomic mass is 32.2. The maximum Gasteiger partial charge on any atom is 0.260 e. The van der Waals surface area contributed by atoms with E-state index < -0.39 is 16.1 Å². The maximum atomic E-state index is 13.1. The lowest BCUT2D eigenvalue weighted by Gasteiger charge is -2.33. The SMILES string of the molecule is CC(C)CNC(=O)[C@H](C)Oc1ccc(S(=O)(=O)N2CCN(C/C=C/c3ccccc3)CC2)cc1. The molecule has 1 aliphatic heterocycles. The van der Waals surface area contributed by atoms with Crippen LogP contribution in [0.3, 0.4) is 0 Å². The summed E-state index contributed by atoms with van der Waals surface area (Å²) in [6.07, 6.45) is 3.54. The maximum absolute atomic E-state index is 13.1. The topological polar surface area (TPSA) is 78.9 Å². The molecular formula is C26H35N3O4S. The van der Waals surface area contributed by atoms with Crippen molar-refractivity contribution in [3.05, 3.63) is 66.2 Å². The molecule has 1 N–H and O–H groups in total. The van der Waals surface area contributed by atoms with Crippen molar-refractivity contribution in [3.63, 3.8) is 0 Å². The fourth-order valence-electron chi connectivity index (χ4n) is 3.60. The minimum Gasteiger partial charge on any atom is -0.481 e. The normalized spacial score (nSPS) is 16.6. The molecule has 34 heavy (non-hydrogen) atoms. The Morgan fingerprint density at radius 1 is 1.00 bits per heavy atom. The smallest absolute Gasteiger partial charge is 0.260 e. The molecular weight excluding hydrogens is 450 g/mol. The Labute approximate surface area is 203 Å². The van der Waals surface area contributed by atoms with Crippen molar-refractivity contribution in [3.8, 4) is 5.75 Å². The summed E-state index contributed by atoms with van der Waals surface area (Å²) in [4.78, 5) is 14.6. The first-order valence-corrected chi connectivity index (χ1v) is 13.2. The number of amides is 1. The standard InChI is InChI=1S/C26H35N3O4S/c1-21(2)20-27-26(30)22(3)33-24-11-13-25(14-12-24)34(31,32)29-18-16-28(17-19-29)15-7-10-23-8-5-4-6-9-23/h4-14,21-22H,15-20H2,1-3H3,(H,27,30)/b10-7+/t22-/m0/s1. The predicted molar refractivity (Wildman–Crippen MR) is 135 cm³/mol. The van der Waals surface area contributed by atoms with E-state index in [-0.39, 0.29) is 10.8 Å². The van der Waals surface area contributed by atoms with Gasteiger partial charge in [0.1, 0.15) is 5.75 Å². The van der Waals surface area contributed by atoms with Gasteiger partial charge in [-0.3, -0.25) is 9.69 Å². The van der Waals surface area contributed by atoms with Crippen LogP contribution >= 0.6 is 0 Å². The van der Waals surface area contributed by atoms with E-state index in [1.54, 1.807) is 31.2 Å². The molecule has 2 aromatic rings. The first kappa shape index (κ1) is 25.9. The quantitative estimate of drug-likeness (QED) is 0.559. The minimum atomic E-state index is -3.57. The van der Waals surface area contributed by atoms with Crippen LogP contribution in [-0.4, -0.2) is 68.9 Å². The number of ether oxygens (including phenoxy) is 1. The van der Waals surface area contributed by atoms with Gasteiger partial charge in [0.2, 0.25) is 10.0 Å². The van der Waals surface area contributed by atoms with Crippen molar-refractivity contribution in [1.29, 1.82) is 0 Å². The van der Waals surface area contributed by atoms with Crippen molar-refractivity contribution in [2.24, 2.45) is 5.92 Å². The van der Waals surface area contributed by atoms with Gasteiger partial charge in [-0.2, -0.15) is 4.31 Å². The summed E-state index contributed by atoms with van der Waals surface area (Å²) in [5, 5.41) is 2.83. The Balaban J connectivity index is 1.50. The number of benzene rings is 2. The molecule has 0 bridgehead atoms. The number of carbonyl (C=O) groups excluding carboxylic acids is 1. The van der Waals surface area contributed by atoms with Gasteiger partial charge in [0.05, 0.1) is 4.90 Å². The van der Waals surface area contributed by atoms with E-state index in [1.165, 1.54) is 4.31 Å². The molecule has 2 aromatic carbocycles. The van der Waals surface area contributed by atoms with E-state index in [1.807, 2.05) is 32.0 Å². The summed E-state index contributed by atoms with van der Waals surface area (Å²) in [6.45, 7) is 9.36. The monoisotopic (exact) mass is 485 g/mol. The van der Waals surface area contributed by atoms with Crippen molar-refractivity contribution in [1.82, 2.24) is 14.5 Å². The Bertz CT molecular complexity index is 1050. The highest BCUT2D eigenvalue weighted by Crippen LogP contribution is 2.21. The van der Waals surface area contributed by atoms with E-state index in [4.69, 9.17) is 4.74 Å². The lowest BCUT2D eigenvalue weighted by Crippen LogP contribution is -2.48. The number of piperazine rings is 1. The second-order valence-electron chi connectivity index (χ2n) is 8.89. The molecule has 1 fully saturated rings. The number of carbonyl (C=O) groups is 1. The predicted octanol–water partition coefficient (Wildman–Crippen LogP) is 3.25. The average molecular weight is 486 g/mol. The van der Waals surface area contributed by atoms with Gasteiger partial charge >= 0.3 is 0 Å². The van der Waals surface area contributed by atoms with Gasteiger partial charge < -0.3 is 10.1 Å². The summed E-state index contributed by atoms with van der Waals surface area (Å²) in [5.74, 6) is 0.622. The zero-order chi connectivity index (χ0) is 24.6. The van der Waals surface area contributed by atoms with Crippen LogP contribution in [0.2, 0.25) is 0 Å². The first-order chi connectivity index (χ1) is 16.3. The molecule has 1 atom stereocenters. The highest BCUT2D eigenvalue weighted by Gasteiger charge is 2.28. The molecule has 0 aliphatic carbocycles. The van der Waals surface area contributed by atoms with Crippen LogP contribution in [0.25, 0.3) is 6.08 Å². The number of nitrogens with one attached hydrogen (secondary N) is 1. The molecule has 8 heteroatoms. The molecule has 0 spiro atoms. The number of hydrogen-bond acceptors (Lipinski definition) is 5. The third-order valence-electron chi connectivity index (χ3n) is 5.63. The first-order valence-electron chi connectivity index (χ1n) is 11.7. The summed E-state index contributed by atoms with van der Waals surface area (Å²) < 4.78 is 33.3. The Kier molecular flexibility index (Phi) is 9.27. The summed E-state index contributed by atoms with van der Waals surface area (Å²) in [7, 11) is -3.57. The second-order valence-corrected chi connectivity index (χ2v) is 10.8. The fraction of sp³-hybridized carbons (Fsp3) is 0.423. The largest absolute Gasteiger partial charge is 0.481 e. The average Bonchev–Trinajstić information content (AvgIpc) is 2.84. The molecule has 184 valence electrons. The van der Waals surface area contributed by atoms with E-state index in [9.17, 15) is 13.2 Å². The van der Waals surface area contributed by atoms with Crippen LogP contribution in [0.5, 0.6) is 5.75 Å². The van der Waals surface area contributed by atoms with Crippen LogP contribution in [0, 0.1) is 5.92 Å². The third kappa shape index (κ3) is 7.41. The number of sulfonamides is 1. The van der Waals surface area contributed by atoms with Crippen molar-refractivity contribution < 1.29 is 17.9 Å². The van der Waals surface area contributed by atoms with Gasteiger partial charge in [0.25, 0.3) is 5.91 Å². The summed E-state index contributed by atoms with van der Waals surface area (Å²) in [6, 6.07) is 16.4. The molecule has 1 aliphatic rings. The minimum absolute atomic E-state index is 0.193. The number of hydrogen-bond donors (Lipinski definition) is 1. The summed E-state index contributed by atoms with van der Waals surface area (Å²) >= 11 is 0. The molecule has 0 aromatic heterocycles. The molecule has 1 saturated heterocycles. The lowest BCUT2D eigenvalue weighted by atomic mass is 10.2. The fourth-order valence-corrected chi connectivity index (χ4v) is 5.02.